The molecule has 2 N–H and O–H groups in total. The Kier molecular flexibility index (Phi) is 8.13. The van der Waals surface area contributed by atoms with E-state index in [-0.39, 0.29) is 19.5 Å². The largest absolute Gasteiger partial charge is 0.416 e. The standard InChI is InChI=1S/C24H23F4N3O3S/c1-17-5-2-7-20(15-17)30-23(32)31(21-11-9-19(25)10-12-21)14-4-13-29-35(33,34)22-8-3-6-18(16-22)24(26,27)28/h2-3,5-12,15-16,29H,4,13-14H2,1H3,(H,30,32). The van der Waals surface area contributed by atoms with E-state index in [1.807, 2.05) is 13.0 Å². The molecule has 3 rings (SSSR count). The number of rotatable bonds is 8. The summed E-state index contributed by atoms with van der Waals surface area (Å²) in [5.74, 6) is -0.485. The number of anilines is 2. The molecule has 0 aromatic heterocycles. The van der Waals surface area contributed by atoms with E-state index in [1.165, 1.54) is 29.2 Å². The van der Waals surface area contributed by atoms with Gasteiger partial charge in [-0.1, -0.05) is 18.2 Å². The van der Waals surface area contributed by atoms with Crippen LogP contribution in [0.25, 0.3) is 0 Å². The fourth-order valence-electron chi connectivity index (χ4n) is 3.25. The van der Waals surface area contributed by atoms with Crippen molar-refractivity contribution >= 4 is 27.4 Å². The van der Waals surface area contributed by atoms with Gasteiger partial charge in [-0.05, 0) is 73.5 Å². The third-order valence-electron chi connectivity index (χ3n) is 4.98. The predicted octanol–water partition coefficient (Wildman–Crippen LogP) is 5.56. The number of nitrogens with zero attached hydrogens (tertiary/aromatic N) is 1. The summed E-state index contributed by atoms with van der Waals surface area (Å²) in [7, 11) is -4.20. The summed E-state index contributed by atoms with van der Waals surface area (Å²) in [5, 5.41) is 2.75. The van der Waals surface area contributed by atoms with Gasteiger partial charge in [0.05, 0.1) is 10.5 Å². The highest BCUT2D eigenvalue weighted by molar-refractivity contribution is 7.89. The van der Waals surface area contributed by atoms with Crippen LogP contribution in [0.15, 0.2) is 77.7 Å². The van der Waals surface area contributed by atoms with Crippen LogP contribution in [-0.4, -0.2) is 27.5 Å². The number of halogens is 4. The average Bonchev–Trinajstić information content (AvgIpc) is 2.79. The lowest BCUT2D eigenvalue weighted by atomic mass is 10.2. The zero-order valence-corrected chi connectivity index (χ0v) is 19.5. The molecule has 3 aromatic rings. The fourth-order valence-corrected chi connectivity index (χ4v) is 4.37. The maximum atomic E-state index is 13.4. The first-order valence-electron chi connectivity index (χ1n) is 10.5. The molecular weight excluding hydrogens is 486 g/mol. The number of amides is 2. The van der Waals surface area contributed by atoms with E-state index >= 15 is 0 Å². The molecule has 0 saturated carbocycles. The minimum absolute atomic E-state index is 0.0500. The number of urea groups is 1. The molecule has 6 nitrogen and oxygen atoms in total. The van der Waals surface area contributed by atoms with Gasteiger partial charge in [0.2, 0.25) is 10.0 Å². The van der Waals surface area contributed by atoms with Crippen LogP contribution in [0.5, 0.6) is 0 Å². The summed E-state index contributed by atoms with van der Waals surface area (Å²) < 4.78 is 79.3. The molecule has 0 unspecified atom stereocenters. The van der Waals surface area contributed by atoms with Gasteiger partial charge >= 0.3 is 12.2 Å². The van der Waals surface area contributed by atoms with Crippen LogP contribution in [0.3, 0.4) is 0 Å². The minimum atomic E-state index is -4.67. The molecule has 35 heavy (non-hydrogen) atoms. The Morgan fingerprint density at radius 2 is 1.66 bits per heavy atom. The number of sulfonamides is 1. The molecule has 0 atom stereocenters. The lowest BCUT2D eigenvalue weighted by Gasteiger charge is -2.23. The van der Waals surface area contributed by atoms with E-state index in [0.717, 1.165) is 23.8 Å². The van der Waals surface area contributed by atoms with Crippen LogP contribution in [0, 0.1) is 12.7 Å². The molecule has 0 radical (unpaired) electrons. The monoisotopic (exact) mass is 509 g/mol. The average molecular weight is 510 g/mol. The molecule has 0 heterocycles. The second-order valence-corrected chi connectivity index (χ2v) is 9.47. The Morgan fingerprint density at radius 3 is 2.31 bits per heavy atom. The summed E-state index contributed by atoms with van der Waals surface area (Å²) >= 11 is 0. The van der Waals surface area contributed by atoms with E-state index < -0.39 is 38.5 Å². The van der Waals surface area contributed by atoms with Crippen molar-refractivity contribution < 1.29 is 30.8 Å². The van der Waals surface area contributed by atoms with Gasteiger partial charge in [-0.15, -0.1) is 0 Å². The Labute approximate surface area is 200 Å². The molecule has 11 heteroatoms. The van der Waals surface area contributed by atoms with Gasteiger partial charge < -0.3 is 5.32 Å². The number of hydrogen-bond donors (Lipinski definition) is 2. The number of aryl methyl sites for hydroxylation is 1. The molecule has 0 fully saturated rings. The normalized spacial score (nSPS) is 11.8. The first kappa shape index (κ1) is 26.2. The van der Waals surface area contributed by atoms with Crippen molar-refractivity contribution in [3.8, 4) is 0 Å². The summed E-state index contributed by atoms with van der Waals surface area (Å²) in [5.41, 5.74) is 0.792. The maximum Gasteiger partial charge on any atom is 0.416 e. The summed E-state index contributed by atoms with van der Waals surface area (Å²) in [6, 6.07) is 15.2. The Bertz CT molecular complexity index is 1280. The number of benzene rings is 3. The van der Waals surface area contributed by atoms with Crippen molar-refractivity contribution in [3.05, 3.63) is 89.7 Å². The van der Waals surface area contributed by atoms with Crippen LogP contribution in [0.2, 0.25) is 0 Å². The van der Waals surface area contributed by atoms with Gasteiger partial charge in [0, 0.05) is 24.5 Å². The minimum Gasteiger partial charge on any atom is -0.308 e. The first-order valence-corrected chi connectivity index (χ1v) is 12.0. The van der Waals surface area contributed by atoms with Gasteiger partial charge in [-0.25, -0.2) is 22.3 Å². The van der Waals surface area contributed by atoms with Crippen molar-refractivity contribution in [2.24, 2.45) is 0 Å². The molecule has 0 saturated heterocycles. The second kappa shape index (κ2) is 10.9. The molecular formula is C24H23F4N3O3S. The highest BCUT2D eigenvalue weighted by Crippen LogP contribution is 2.30. The highest BCUT2D eigenvalue weighted by Gasteiger charge is 2.31. The van der Waals surface area contributed by atoms with Gasteiger partial charge in [0.1, 0.15) is 5.82 Å². The zero-order chi connectivity index (χ0) is 25.6. The number of alkyl halides is 3. The number of nitrogens with one attached hydrogen (secondary N) is 2. The van der Waals surface area contributed by atoms with Crippen molar-refractivity contribution in [2.45, 2.75) is 24.4 Å². The van der Waals surface area contributed by atoms with E-state index in [9.17, 15) is 30.8 Å². The van der Waals surface area contributed by atoms with E-state index in [4.69, 9.17) is 0 Å². The van der Waals surface area contributed by atoms with Crippen LogP contribution in [0.1, 0.15) is 17.5 Å². The SMILES string of the molecule is Cc1cccc(NC(=O)N(CCCNS(=O)(=O)c2cccc(C(F)(F)F)c2)c2ccc(F)cc2)c1. The number of carbonyl (C=O) groups excluding carboxylic acids is 1. The van der Waals surface area contributed by atoms with E-state index in [1.54, 1.807) is 18.2 Å². The smallest absolute Gasteiger partial charge is 0.308 e. The van der Waals surface area contributed by atoms with Crippen LogP contribution in [-0.2, 0) is 16.2 Å². The predicted molar refractivity (Wildman–Crippen MR) is 125 cm³/mol. The number of carbonyl (C=O) groups is 1. The van der Waals surface area contributed by atoms with Crippen LogP contribution < -0.4 is 14.9 Å². The quantitative estimate of drug-likeness (QED) is 0.308. The Morgan fingerprint density at radius 1 is 0.971 bits per heavy atom. The third-order valence-corrected chi connectivity index (χ3v) is 6.43. The van der Waals surface area contributed by atoms with Crippen molar-refractivity contribution in [2.75, 3.05) is 23.3 Å². The summed E-state index contributed by atoms with van der Waals surface area (Å²) in [6.45, 7) is 1.77. The van der Waals surface area contributed by atoms with Crippen molar-refractivity contribution in [1.29, 1.82) is 0 Å². The maximum absolute atomic E-state index is 13.4. The molecule has 0 spiro atoms. The van der Waals surface area contributed by atoms with Crippen LogP contribution in [0.4, 0.5) is 33.7 Å². The summed E-state index contributed by atoms with van der Waals surface area (Å²) in [6.07, 6.45) is -4.54. The Hall–Kier alpha value is -3.44. The number of hydrogen-bond acceptors (Lipinski definition) is 3. The fraction of sp³-hybridized carbons (Fsp3) is 0.208. The first-order chi connectivity index (χ1) is 16.5. The summed E-state index contributed by atoms with van der Waals surface area (Å²) in [4.78, 5) is 13.7. The molecule has 0 aliphatic heterocycles. The topological polar surface area (TPSA) is 78.5 Å². The van der Waals surface area contributed by atoms with E-state index in [0.29, 0.717) is 17.4 Å². The molecule has 0 bridgehead atoms. The Balaban J connectivity index is 1.68. The van der Waals surface area contributed by atoms with E-state index in [2.05, 4.69) is 10.0 Å². The molecule has 186 valence electrons. The highest BCUT2D eigenvalue weighted by atomic mass is 32.2. The molecule has 3 aromatic carbocycles. The van der Waals surface area contributed by atoms with Gasteiger partial charge in [0.25, 0.3) is 0 Å². The zero-order valence-electron chi connectivity index (χ0n) is 18.6. The van der Waals surface area contributed by atoms with Crippen LogP contribution >= 0.6 is 0 Å². The molecule has 0 aliphatic carbocycles. The molecule has 0 aliphatic rings. The second-order valence-electron chi connectivity index (χ2n) is 7.70. The lowest BCUT2D eigenvalue weighted by molar-refractivity contribution is -0.137. The molecule has 2 amide bonds. The van der Waals surface area contributed by atoms with Crippen molar-refractivity contribution in [1.82, 2.24) is 4.72 Å². The lowest BCUT2D eigenvalue weighted by Crippen LogP contribution is -2.37. The van der Waals surface area contributed by atoms with Gasteiger partial charge in [-0.2, -0.15) is 13.2 Å². The van der Waals surface area contributed by atoms with Gasteiger partial charge in [0.15, 0.2) is 0 Å². The van der Waals surface area contributed by atoms with Crippen molar-refractivity contribution in [3.63, 3.8) is 0 Å². The van der Waals surface area contributed by atoms with Gasteiger partial charge in [-0.3, -0.25) is 4.90 Å². The third kappa shape index (κ3) is 7.27.